The summed E-state index contributed by atoms with van der Waals surface area (Å²) >= 11 is 6.53. The molecule has 0 unspecified atom stereocenters. The third-order valence-corrected chi connectivity index (χ3v) is 5.95. The minimum atomic E-state index is -0.376. The van der Waals surface area contributed by atoms with Gasteiger partial charge in [-0.2, -0.15) is 5.10 Å². The van der Waals surface area contributed by atoms with Crippen LogP contribution in [0, 0.1) is 5.82 Å². The van der Waals surface area contributed by atoms with Gasteiger partial charge in [-0.3, -0.25) is 4.79 Å². The Morgan fingerprint density at radius 3 is 2.53 bits per heavy atom. The zero-order valence-corrected chi connectivity index (χ0v) is 18.9. The Morgan fingerprint density at radius 2 is 1.82 bits per heavy atom. The number of nitrogens with zero attached hydrogens (tertiary/aromatic N) is 2. The highest BCUT2D eigenvalue weighted by Crippen LogP contribution is 2.37. The van der Waals surface area contributed by atoms with Gasteiger partial charge in [-0.15, -0.1) is 0 Å². The van der Waals surface area contributed by atoms with Crippen LogP contribution in [-0.4, -0.2) is 22.8 Å². The number of carbonyl (C=O) groups is 1. The minimum absolute atomic E-state index is 0.338. The summed E-state index contributed by atoms with van der Waals surface area (Å²) in [4.78, 5) is 13.1. The molecule has 2 N–H and O–H groups in total. The van der Waals surface area contributed by atoms with Crippen molar-refractivity contribution in [2.45, 2.75) is 6.04 Å². The van der Waals surface area contributed by atoms with Crippen molar-refractivity contribution < 1.29 is 13.9 Å². The third kappa shape index (κ3) is 4.13. The van der Waals surface area contributed by atoms with Gasteiger partial charge in [0.2, 0.25) is 0 Å². The van der Waals surface area contributed by atoms with Crippen LogP contribution in [0.2, 0.25) is 5.02 Å². The minimum Gasteiger partial charge on any atom is -0.497 e. The van der Waals surface area contributed by atoms with Crippen molar-refractivity contribution in [1.29, 1.82) is 0 Å². The van der Waals surface area contributed by atoms with Crippen molar-refractivity contribution in [2.75, 3.05) is 17.7 Å². The summed E-state index contributed by atoms with van der Waals surface area (Å²) in [5, 5.41) is 11.2. The predicted molar refractivity (Wildman–Crippen MR) is 131 cm³/mol. The SMILES string of the molecule is COc1ccc(C2=C[C@@H](c3ccccc3Cl)n3ncc(C(=O)Nc4ccc(F)cc4)c3N2)cc1. The molecule has 0 saturated carbocycles. The lowest BCUT2D eigenvalue weighted by molar-refractivity contribution is 0.102. The van der Waals surface area contributed by atoms with E-state index in [1.807, 2.05) is 54.6 Å². The number of allylic oxidation sites excluding steroid dienone is 1. The fourth-order valence-corrected chi connectivity index (χ4v) is 4.12. The maximum Gasteiger partial charge on any atom is 0.261 e. The van der Waals surface area contributed by atoms with E-state index in [4.69, 9.17) is 16.3 Å². The number of benzene rings is 3. The summed E-state index contributed by atoms with van der Waals surface area (Å²) in [5.74, 6) is 0.527. The number of amides is 1. The first-order chi connectivity index (χ1) is 16.5. The zero-order chi connectivity index (χ0) is 23.7. The van der Waals surface area contributed by atoms with Crippen LogP contribution in [0.25, 0.3) is 5.70 Å². The van der Waals surface area contributed by atoms with Gasteiger partial charge in [0.1, 0.15) is 29.0 Å². The maximum atomic E-state index is 13.3. The first kappa shape index (κ1) is 21.7. The number of aromatic nitrogens is 2. The number of anilines is 2. The molecule has 1 amide bonds. The molecule has 0 bridgehead atoms. The number of methoxy groups -OCH3 is 1. The normalized spacial score (nSPS) is 14.6. The van der Waals surface area contributed by atoms with Gasteiger partial charge in [-0.25, -0.2) is 9.07 Å². The molecule has 0 fully saturated rings. The molecule has 8 heteroatoms. The number of hydrogen-bond donors (Lipinski definition) is 2. The van der Waals surface area contributed by atoms with Crippen LogP contribution in [0.4, 0.5) is 15.9 Å². The van der Waals surface area contributed by atoms with Crippen molar-refractivity contribution in [3.05, 3.63) is 113 Å². The molecule has 1 aliphatic rings. The largest absolute Gasteiger partial charge is 0.497 e. The molecule has 4 aromatic rings. The summed E-state index contributed by atoms with van der Waals surface area (Å²) in [6, 6.07) is 20.4. The lowest BCUT2D eigenvalue weighted by Crippen LogP contribution is -2.22. The number of fused-ring (bicyclic) bond motifs is 1. The Hall–Kier alpha value is -4.10. The number of carbonyl (C=O) groups excluding carboxylic acids is 1. The molecule has 2 heterocycles. The smallest absolute Gasteiger partial charge is 0.261 e. The number of nitrogens with one attached hydrogen (secondary N) is 2. The van der Waals surface area contributed by atoms with Crippen LogP contribution in [-0.2, 0) is 0 Å². The van der Waals surface area contributed by atoms with E-state index in [0.29, 0.717) is 22.1 Å². The van der Waals surface area contributed by atoms with E-state index in [-0.39, 0.29) is 17.8 Å². The first-order valence-corrected chi connectivity index (χ1v) is 10.9. The molecule has 3 aromatic carbocycles. The van der Waals surface area contributed by atoms with Gasteiger partial charge in [-0.1, -0.05) is 29.8 Å². The molecule has 0 aliphatic carbocycles. The van der Waals surface area contributed by atoms with E-state index in [1.54, 1.807) is 11.8 Å². The average molecular weight is 475 g/mol. The van der Waals surface area contributed by atoms with Gasteiger partial charge in [0.25, 0.3) is 5.91 Å². The van der Waals surface area contributed by atoms with Gasteiger partial charge < -0.3 is 15.4 Å². The van der Waals surface area contributed by atoms with Gasteiger partial charge in [0.15, 0.2) is 0 Å². The standard InChI is InChI=1S/C26H20ClFN4O2/c1-34-19-12-6-16(7-13-19)23-14-24(20-4-2-3-5-22(20)27)32-25(31-23)21(15-29-32)26(33)30-18-10-8-17(28)9-11-18/h2-15,24,31H,1H3,(H,30,33)/t24-/m0/s1. The van der Waals surface area contributed by atoms with E-state index >= 15 is 0 Å². The second-order valence-electron chi connectivity index (χ2n) is 7.71. The summed E-state index contributed by atoms with van der Waals surface area (Å²) in [6.45, 7) is 0. The van der Waals surface area contributed by atoms with Gasteiger partial charge in [-0.05, 0) is 71.8 Å². The van der Waals surface area contributed by atoms with Crippen LogP contribution >= 0.6 is 11.6 Å². The maximum absolute atomic E-state index is 13.3. The van der Waals surface area contributed by atoms with E-state index in [2.05, 4.69) is 15.7 Å². The molecular weight excluding hydrogens is 455 g/mol. The summed E-state index contributed by atoms with van der Waals surface area (Å²) < 4.78 is 20.3. The second kappa shape index (κ2) is 9.03. The Morgan fingerprint density at radius 1 is 1.09 bits per heavy atom. The van der Waals surface area contributed by atoms with Crippen molar-refractivity contribution >= 4 is 34.7 Å². The van der Waals surface area contributed by atoms with Crippen molar-refractivity contribution in [2.24, 2.45) is 0 Å². The second-order valence-corrected chi connectivity index (χ2v) is 8.12. The number of ether oxygens (including phenoxy) is 1. The average Bonchev–Trinajstić information content (AvgIpc) is 3.30. The molecule has 0 spiro atoms. The van der Waals surface area contributed by atoms with Crippen LogP contribution < -0.4 is 15.4 Å². The molecule has 1 aromatic heterocycles. The van der Waals surface area contributed by atoms with Gasteiger partial charge in [0.05, 0.1) is 13.3 Å². The predicted octanol–water partition coefficient (Wildman–Crippen LogP) is 5.99. The molecule has 6 nitrogen and oxygen atoms in total. The van der Waals surface area contributed by atoms with Crippen molar-refractivity contribution in [1.82, 2.24) is 9.78 Å². The molecule has 170 valence electrons. The van der Waals surface area contributed by atoms with Gasteiger partial charge in [0, 0.05) is 16.4 Å². The lowest BCUT2D eigenvalue weighted by Gasteiger charge is -2.27. The number of rotatable bonds is 5. The van der Waals surface area contributed by atoms with Crippen LogP contribution in [0.3, 0.4) is 0 Å². The van der Waals surface area contributed by atoms with Crippen LogP contribution in [0.5, 0.6) is 5.75 Å². The summed E-state index contributed by atoms with van der Waals surface area (Å²) in [5.41, 5.74) is 3.40. The van der Waals surface area contributed by atoms with E-state index in [1.165, 1.54) is 30.5 Å². The molecular formula is C26H20ClFN4O2. The van der Waals surface area contributed by atoms with Crippen molar-refractivity contribution in [3.63, 3.8) is 0 Å². The molecule has 1 aliphatic heterocycles. The molecule has 1 atom stereocenters. The lowest BCUT2D eigenvalue weighted by atomic mass is 10.0. The van der Waals surface area contributed by atoms with Crippen LogP contribution in [0.15, 0.2) is 85.1 Å². The Kier molecular flexibility index (Phi) is 5.77. The fraction of sp³-hybridized carbons (Fsp3) is 0.0769. The Bertz CT molecular complexity index is 1380. The quantitative estimate of drug-likeness (QED) is 0.372. The van der Waals surface area contributed by atoms with E-state index in [0.717, 1.165) is 22.6 Å². The van der Waals surface area contributed by atoms with Gasteiger partial charge >= 0.3 is 0 Å². The van der Waals surface area contributed by atoms with E-state index < -0.39 is 0 Å². The molecule has 0 radical (unpaired) electrons. The fourth-order valence-electron chi connectivity index (χ4n) is 3.87. The molecule has 34 heavy (non-hydrogen) atoms. The summed E-state index contributed by atoms with van der Waals surface area (Å²) in [6.07, 6.45) is 3.53. The number of hydrogen-bond acceptors (Lipinski definition) is 4. The molecule has 0 saturated heterocycles. The number of halogens is 2. The molecule has 5 rings (SSSR count). The Labute approximate surface area is 200 Å². The van der Waals surface area contributed by atoms with Crippen molar-refractivity contribution in [3.8, 4) is 5.75 Å². The van der Waals surface area contributed by atoms with Crippen LogP contribution in [0.1, 0.15) is 27.5 Å². The highest BCUT2D eigenvalue weighted by Gasteiger charge is 2.29. The van der Waals surface area contributed by atoms with E-state index in [9.17, 15) is 9.18 Å². The summed E-state index contributed by atoms with van der Waals surface area (Å²) in [7, 11) is 1.62. The Balaban J connectivity index is 1.55. The first-order valence-electron chi connectivity index (χ1n) is 10.6. The highest BCUT2D eigenvalue weighted by molar-refractivity contribution is 6.31. The zero-order valence-electron chi connectivity index (χ0n) is 18.1. The highest BCUT2D eigenvalue weighted by atomic mass is 35.5. The monoisotopic (exact) mass is 474 g/mol. The topological polar surface area (TPSA) is 68.2 Å². The third-order valence-electron chi connectivity index (χ3n) is 5.61.